The van der Waals surface area contributed by atoms with Crippen molar-refractivity contribution in [1.29, 1.82) is 0 Å². The van der Waals surface area contributed by atoms with Crippen molar-refractivity contribution in [3.63, 3.8) is 0 Å². The van der Waals surface area contributed by atoms with Gasteiger partial charge < -0.3 is 10.1 Å². The maximum atomic E-state index is 11.8. The van der Waals surface area contributed by atoms with Crippen LogP contribution in [0.15, 0.2) is 22.7 Å². The molecule has 1 N–H and O–H groups in total. The number of amides is 1. The summed E-state index contributed by atoms with van der Waals surface area (Å²) in [5, 5.41) is 3.42. The molecule has 0 bridgehead atoms. The van der Waals surface area contributed by atoms with Crippen LogP contribution in [-0.2, 0) is 4.79 Å². The van der Waals surface area contributed by atoms with Crippen molar-refractivity contribution >= 4 is 33.4 Å². The Morgan fingerprint density at radius 1 is 1.43 bits per heavy atom. The first-order valence-corrected chi connectivity index (χ1v) is 8.58. The van der Waals surface area contributed by atoms with Crippen molar-refractivity contribution in [2.24, 2.45) is 5.92 Å². The Hall–Kier alpha value is -0.740. The predicted molar refractivity (Wildman–Crippen MR) is 91.0 cm³/mol. The fraction of sp³-hybridized carbons (Fsp3) is 0.562. The smallest absolute Gasteiger partial charge is 0.257 e. The van der Waals surface area contributed by atoms with Gasteiger partial charge in [-0.1, -0.05) is 60.6 Å². The van der Waals surface area contributed by atoms with Crippen molar-refractivity contribution in [1.82, 2.24) is 5.32 Å². The van der Waals surface area contributed by atoms with Crippen LogP contribution >= 0.6 is 27.5 Å². The van der Waals surface area contributed by atoms with Gasteiger partial charge in [0.05, 0.1) is 5.02 Å². The number of ether oxygens (including phenoxy) is 1. The van der Waals surface area contributed by atoms with E-state index >= 15 is 0 Å². The van der Waals surface area contributed by atoms with Gasteiger partial charge in [0.1, 0.15) is 5.75 Å². The summed E-state index contributed by atoms with van der Waals surface area (Å²) in [6.45, 7) is 5.05. The third-order valence-corrected chi connectivity index (χ3v) is 4.17. The van der Waals surface area contributed by atoms with Gasteiger partial charge in [0.25, 0.3) is 5.91 Å². The highest BCUT2D eigenvalue weighted by Gasteiger charge is 2.10. The zero-order valence-corrected chi connectivity index (χ0v) is 15.0. The van der Waals surface area contributed by atoms with Crippen molar-refractivity contribution in [3.05, 3.63) is 27.7 Å². The molecule has 0 aliphatic heterocycles. The Bertz CT molecular complexity index is 454. The normalized spacial score (nSPS) is 12.0. The van der Waals surface area contributed by atoms with Crippen molar-refractivity contribution in [3.8, 4) is 5.75 Å². The van der Waals surface area contributed by atoms with E-state index in [0.717, 1.165) is 17.3 Å². The van der Waals surface area contributed by atoms with Crippen LogP contribution in [0.5, 0.6) is 5.75 Å². The number of hydrogen-bond donors (Lipinski definition) is 1. The number of hydrogen-bond acceptors (Lipinski definition) is 2. The highest BCUT2D eigenvalue weighted by molar-refractivity contribution is 9.10. The molecule has 0 aliphatic carbocycles. The number of carbonyl (C=O) groups excluding carboxylic acids is 1. The lowest BCUT2D eigenvalue weighted by Gasteiger charge is -2.15. The van der Waals surface area contributed by atoms with Gasteiger partial charge in [-0.2, -0.15) is 0 Å². The Morgan fingerprint density at radius 2 is 2.19 bits per heavy atom. The van der Waals surface area contributed by atoms with Gasteiger partial charge in [-0.25, -0.2) is 0 Å². The van der Waals surface area contributed by atoms with E-state index in [1.807, 2.05) is 6.07 Å². The fourth-order valence-corrected chi connectivity index (χ4v) is 2.72. The average molecular weight is 377 g/mol. The number of carbonyl (C=O) groups is 1. The second kappa shape index (κ2) is 10.1. The molecule has 5 heteroatoms. The van der Waals surface area contributed by atoms with Crippen LogP contribution < -0.4 is 10.1 Å². The number of nitrogens with one attached hydrogen (secondary N) is 1. The third kappa shape index (κ3) is 7.18. The molecule has 1 rings (SSSR count). The van der Waals surface area contributed by atoms with E-state index in [2.05, 4.69) is 35.1 Å². The van der Waals surface area contributed by atoms with Gasteiger partial charge in [-0.05, 0) is 30.5 Å². The minimum absolute atomic E-state index is 0.00837. The SMILES string of the molecule is CCCC[C@H](CC)CNC(=O)COc1ccc(Br)cc1Cl. The van der Waals surface area contributed by atoms with Gasteiger partial charge in [0.15, 0.2) is 6.61 Å². The third-order valence-electron chi connectivity index (χ3n) is 3.38. The zero-order chi connectivity index (χ0) is 15.7. The first-order chi connectivity index (χ1) is 10.1. The topological polar surface area (TPSA) is 38.3 Å². The molecule has 21 heavy (non-hydrogen) atoms. The van der Waals surface area contributed by atoms with Crippen LogP contribution in [0.4, 0.5) is 0 Å². The summed E-state index contributed by atoms with van der Waals surface area (Å²) in [4.78, 5) is 11.8. The number of halogens is 2. The first kappa shape index (κ1) is 18.3. The molecule has 118 valence electrons. The molecule has 0 saturated heterocycles. The highest BCUT2D eigenvalue weighted by Crippen LogP contribution is 2.27. The lowest BCUT2D eigenvalue weighted by atomic mass is 9.99. The van der Waals surface area contributed by atoms with Crippen LogP contribution in [0, 0.1) is 5.92 Å². The molecule has 1 aromatic carbocycles. The quantitative estimate of drug-likeness (QED) is 0.671. The lowest BCUT2D eigenvalue weighted by molar-refractivity contribution is -0.123. The maximum Gasteiger partial charge on any atom is 0.257 e. The maximum absolute atomic E-state index is 11.8. The molecule has 3 nitrogen and oxygen atoms in total. The van der Waals surface area contributed by atoms with E-state index < -0.39 is 0 Å². The fourth-order valence-electron chi connectivity index (χ4n) is 1.99. The minimum Gasteiger partial charge on any atom is -0.482 e. The number of benzene rings is 1. The molecule has 1 aromatic rings. The van der Waals surface area contributed by atoms with E-state index in [1.54, 1.807) is 12.1 Å². The molecular formula is C16H23BrClNO2. The van der Waals surface area contributed by atoms with Crippen LogP contribution in [0.1, 0.15) is 39.5 Å². The molecule has 0 aromatic heterocycles. The van der Waals surface area contributed by atoms with E-state index in [4.69, 9.17) is 16.3 Å². The zero-order valence-electron chi connectivity index (χ0n) is 12.6. The minimum atomic E-state index is -0.107. The molecular weight excluding hydrogens is 354 g/mol. The van der Waals surface area contributed by atoms with Crippen LogP contribution in [-0.4, -0.2) is 19.1 Å². The highest BCUT2D eigenvalue weighted by atomic mass is 79.9. The molecule has 0 radical (unpaired) electrons. The van der Waals surface area contributed by atoms with Gasteiger partial charge in [0.2, 0.25) is 0 Å². The van der Waals surface area contributed by atoms with Crippen LogP contribution in [0.2, 0.25) is 5.02 Å². The lowest BCUT2D eigenvalue weighted by Crippen LogP contribution is -2.33. The summed E-state index contributed by atoms with van der Waals surface area (Å²) in [6.07, 6.45) is 4.64. The molecule has 1 amide bonds. The monoisotopic (exact) mass is 375 g/mol. The number of rotatable bonds is 9. The largest absolute Gasteiger partial charge is 0.482 e. The summed E-state index contributed by atoms with van der Waals surface area (Å²) in [5.74, 6) is 0.960. The standard InChI is InChI=1S/C16H23BrClNO2/c1-3-5-6-12(4-2)10-19-16(20)11-21-15-8-7-13(17)9-14(15)18/h7-9,12H,3-6,10-11H2,1-2H3,(H,19,20)/t12-/m0/s1. The van der Waals surface area contributed by atoms with Gasteiger partial charge >= 0.3 is 0 Å². The molecule has 0 saturated carbocycles. The summed E-state index contributed by atoms with van der Waals surface area (Å²) in [5.41, 5.74) is 0. The van der Waals surface area contributed by atoms with E-state index in [-0.39, 0.29) is 12.5 Å². The molecule has 0 spiro atoms. The Balaban J connectivity index is 2.33. The Morgan fingerprint density at radius 3 is 2.81 bits per heavy atom. The van der Waals surface area contributed by atoms with Crippen molar-refractivity contribution < 1.29 is 9.53 Å². The van der Waals surface area contributed by atoms with Crippen LogP contribution in [0.3, 0.4) is 0 Å². The van der Waals surface area contributed by atoms with Gasteiger partial charge in [-0.3, -0.25) is 4.79 Å². The number of unbranched alkanes of at least 4 members (excludes halogenated alkanes) is 1. The summed E-state index contributed by atoms with van der Waals surface area (Å²) < 4.78 is 6.32. The Labute approximate surface area is 140 Å². The van der Waals surface area contributed by atoms with Crippen molar-refractivity contribution in [2.45, 2.75) is 39.5 Å². The second-order valence-electron chi connectivity index (χ2n) is 5.08. The summed E-state index contributed by atoms with van der Waals surface area (Å²) in [7, 11) is 0. The van der Waals surface area contributed by atoms with E-state index in [9.17, 15) is 4.79 Å². The molecule has 1 atom stereocenters. The first-order valence-electron chi connectivity index (χ1n) is 7.41. The van der Waals surface area contributed by atoms with Crippen LogP contribution in [0.25, 0.3) is 0 Å². The van der Waals surface area contributed by atoms with Crippen molar-refractivity contribution in [2.75, 3.05) is 13.2 Å². The second-order valence-corrected chi connectivity index (χ2v) is 6.41. The average Bonchev–Trinajstić information content (AvgIpc) is 2.46. The summed E-state index contributed by atoms with van der Waals surface area (Å²) >= 11 is 9.36. The Kier molecular flexibility index (Phi) is 8.77. The molecule has 0 unspecified atom stereocenters. The van der Waals surface area contributed by atoms with Gasteiger partial charge in [-0.15, -0.1) is 0 Å². The summed E-state index contributed by atoms with van der Waals surface area (Å²) in [6, 6.07) is 5.32. The predicted octanol–water partition coefficient (Wildman–Crippen LogP) is 4.81. The van der Waals surface area contributed by atoms with E-state index in [1.165, 1.54) is 12.8 Å². The molecule has 0 fully saturated rings. The van der Waals surface area contributed by atoms with E-state index in [0.29, 0.717) is 23.2 Å². The molecule has 0 heterocycles. The van der Waals surface area contributed by atoms with Gasteiger partial charge in [0, 0.05) is 11.0 Å². The molecule has 0 aliphatic rings.